The molecule has 0 radical (unpaired) electrons. The van der Waals surface area contributed by atoms with Gasteiger partial charge in [0.15, 0.2) is 0 Å². The van der Waals surface area contributed by atoms with Crippen molar-refractivity contribution in [2.45, 2.75) is 32.4 Å². The van der Waals surface area contributed by atoms with Crippen LogP contribution in [0.25, 0.3) is 0 Å². The molecule has 100 valence electrons. The lowest BCUT2D eigenvalue weighted by Crippen LogP contribution is -2.36. The van der Waals surface area contributed by atoms with Crippen LogP contribution in [-0.4, -0.2) is 29.4 Å². The molecule has 1 aromatic rings. The predicted octanol–water partition coefficient (Wildman–Crippen LogP) is 2.09. The van der Waals surface area contributed by atoms with Gasteiger partial charge in [-0.1, -0.05) is 13.0 Å². The van der Waals surface area contributed by atoms with Gasteiger partial charge in [0.2, 0.25) is 0 Å². The molecule has 0 amide bonds. The van der Waals surface area contributed by atoms with Crippen molar-refractivity contribution >= 4 is 5.69 Å². The van der Waals surface area contributed by atoms with E-state index in [1.807, 2.05) is 11.0 Å². The summed E-state index contributed by atoms with van der Waals surface area (Å²) in [5.74, 6) is -0.0149. The lowest BCUT2D eigenvalue weighted by Gasteiger charge is -2.30. The van der Waals surface area contributed by atoms with Gasteiger partial charge in [0.1, 0.15) is 5.82 Å². The second kappa shape index (κ2) is 5.24. The highest BCUT2D eigenvalue weighted by atomic mass is 19.1. The van der Waals surface area contributed by atoms with Crippen LogP contribution in [0.5, 0.6) is 0 Å². The molecule has 18 heavy (non-hydrogen) atoms. The molecule has 2 N–H and O–H groups in total. The number of benzene rings is 1. The average Bonchev–Trinajstić information content (AvgIpc) is 2.69. The van der Waals surface area contributed by atoms with E-state index in [-0.39, 0.29) is 12.6 Å². The van der Waals surface area contributed by atoms with Crippen molar-refractivity contribution in [3.05, 3.63) is 29.6 Å². The predicted molar refractivity (Wildman–Crippen MR) is 69.0 cm³/mol. The molecule has 1 fully saturated rings. The number of rotatable bonds is 3. The van der Waals surface area contributed by atoms with Crippen molar-refractivity contribution < 1.29 is 14.6 Å². The van der Waals surface area contributed by atoms with Crippen molar-refractivity contribution in [1.82, 2.24) is 0 Å². The second-order valence-electron chi connectivity index (χ2n) is 5.06. The van der Waals surface area contributed by atoms with Crippen LogP contribution in [0, 0.1) is 11.7 Å². The van der Waals surface area contributed by atoms with E-state index in [4.69, 9.17) is 0 Å². The van der Waals surface area contributed by atoms with Gasteiger partial charge in [0.05, 0.1) is 18.8 Å². The maximum atomic E-state index is 13.8. The first kappa shape index (κ1) is 13.3. The minimum Gasteiger partial charge on any atom is -0.394 e. The molecule has 1 aromatic carbocycles. The Kier molecular flexibility index (Phi) is 3.88. The van der Waals surface area contributed by atoms with E-state index in [1.54, 1.807) is 13.0 Å². The minimum absolute atomic E-state index is 0.00398. The highest BCUT2D eigenvalue weighted by Crippen LogP contribution is 2.35. The highest BCUT2D eigenvalue weighted by Gasteiger charge is 2.32. The number of hydrogen-bond acceptors (Lipinski definition) is 3. The van der Waals surface area contributed by atoms with E-state index in [1.165, 1.54) is 6.07 Å². The summed E-state index contributed by atoms with van der Waals surface area (Å²) in [6, 6.07) is 4.82. The molecule has 1 aliphatic heterocycles. The SMILES string of the molecule is CC1CCN(c2cccc(F)c2[C@H](C)O)C1CO. The molecule has 3 atom stereocenters. The van der Waals surface area contributed by atoms with Crippen molar-refractivity contribution in [2.75, 3.05) is 18.1 Å². The fourth-order valence-corrected chi connectivity index (χ4v) is 2.78. The smallest absolute Gasteiger partial charge is 0.131 e. The number of anilines is 1. The zero-order valence-electron chi connectivity index (χ0n) is 10.8. The Labute approximate surface area is 107 Å². The Morgan fingerprint density at radius 2 is 2.22 bits per heavy atom. The van der Waals surface area contributed by atoms with Crippen LogP contribution in [0.2, 0.25) is 0 Å². The monoisotopic (exact) mass is 253 g/mol. The molecule has 0 aliphatic carbocycles. The van der Waals surface area contributed by atoms with Crippen molar-refractivity contribution in [3.8, 4) is 0 Å². The third kappa shape index (κ3) is 2.22. The molecule has 1 saturated heterocycles. The van der Waals surface area contributed by atoms with Crippen LogP contribution >= 0.6 is 0 Å². The van der Waals surface area contributed by atoms with Gasteiger partial charge in [-0.05, 0) is 31.4 Å². The van der Waals surface area contributed by atoms with Crippen LogP contribution in [0.15, 0.2) is 18.2 Å². The van der Waals surface area contributed by atoms with Gasteiger partial charge < -0.3 is 15.1 Å². The fraction of sp³-hybridized carbons (Fsp3) is 0.571. The Morgan fingerprint density at radius 1 is 1.50 bits per heavy atom. The first-order chi connectivity index (χ1) is 8.56. The zero-order chi connectivity index (χ0) is 13.3. The van der Waals surface area contributed by atoms with E-state index in [0.717, 1.165) is 13.0 Å². The molecule has 0 saturated carbocycles. The zero-order valence-corrected chi connectivity index (χ0v) is 10.8. The fourth-order valence-electron chi connectivity index (χ4n) is 2.78. The molecular weight excluding hydrogens is 233 g/mol. The average molecular weight is 253 g/mol. The number of hydrogen-bond donors (Lipinski definition) is 2. The van der Waals surface area contributed by atoms with Crippen LogP contribution in [0.4, 0.5) is 10.1 Å². The maximum absolute atomic E-state index is 13.8. The molecule has 2 unspecified atom stereocenters. The summed E-state index contributed by atoms with van der Waals surface area (Å²) in [7, 11) is 0. The molecule has 0 bridgehead atoms. The normalized spacial score (nSPS) is 25.5. The molecule has 3 nitrogen and oxygen atoms in total. The van der Waals surface area contributed by atoms with E-state index in [2.05, 4.69) is 6.92 Å². The first-order valence-corrected chi connectivity index (χ1v) is 6.40. The van der Waals surface area contributed by atoms with E-state index in [9.17, 15) is 14.6 Å². The minimum atomic E-state index is -0.851. The van der Waals surface area contributed by atoms with Crippen molar-refractivity contribution in [1.29, 1.82) is 0 Å². The Balaban J connectivity index is 2.42. The Morgan fingerprint density at radius 3 is 2.83 bits per heavy atom. The summed E-state index contributed by atoms with van der Waals surface area (Å²) in [6.07, 6.45) is 0.123. The molecule has 0 spiro atoms. The maximum Gasteiger partial charge on any atom is 0.131 e. The summed E-state index contributed by atoms with van der Waals surface area (Å²) in [5.41, 5.74) is 1.03. The standard InChI is InChI=1S/C14H20FNO2/c1-9-6-7-16(13(9)8-17)12-5-3-4-11(15)14(12)10(2)18/h3-5,9-10,13,17-18H,6-8H2,1-2H3/t9?,10-,13?/m0/s1. The van der Waals surface area contributed by atoms with Crippen molar-refractivity contribution in [2.24, 2.45) is 5.92 Å². The van der Waals surface area contributed by atoms with Crippen LogP contribution in [0.1, 0.15) is 31.9 Å². The first-order valence-electron chi connectivity index (χ1n) is 6.40. The number of nitrogens with zero attached hydrogens (tertiary/aromatic N) is 1. The summed E-state index contributed by atoms with van der Waals surface area (Å²) >= 11 is 0. The van der Waals surface area contributed by atoms with Gasteiger partial charge in [-0.15, -0.1) is 0 Å². The van der Waals surface area contributed by atoms with Crippen LogP contribution < -0.4 is 4.90 Å². The molecule has 2 rings (SSSR count). The third-order valence-electron chi connectivity index (χ3n) is 3.83. The topological polar surface area (TPSA) is 43.7 Å². The van der Waals surface area contributed by atoms with E-state index >= 15 is 0 Å². The van der Waals surface area contributed by atoms with E-state index < -0.39 is 11.9 Å². The Hall–Kier alpha value is -1.13. The number of aliphatic hydroxyl groups is 2. The number of aliphatic hydroxyl groups excluding tert-OH is 2. The van der Waals surface area contributed by atoms with Gasteiger partial charge in [0.25, 0.3) is 0 Å². The molecule has 1 heterocycles. The lowest BCUT2D eigenvalue weighted by molar-refractivity contribution is 0.193. The molecule has 4 heteroatoms. The summed E-state index contributed by atoms with van der Waals surface area (Å²) in [6.45, 7) is 4.49. The van der Waals surface area contributed by atoms with Gasteiger partial charge >= 0.3 is 0 Å². The Bertz CT molecular complexity index is 422. The van der Waals surface area contributed by atoms with Crippen LogP contribution in [0.3, 0.4) is 0 Å². The van der Waals surface area contributed by atoms with Gasteiger partial charge in [0, 0.05) is 17.8 Å². The van der Waals surface area contributed by atoms with Crippen LogP contribution in [-0.2, 0) is 0 Å². The third-order valence-corrected chi connectivity index (χ3v) is 3.83. The van der Waals surface area contributed by atoms with Gasteiger partial charge in [-0.2, -0.15) is 0 Å². The molecule has 1 aliphatic rings. The second-order valence-corrected chi connectivity index (χ2v) is 5.06. The quantitative estimate of drug-likeness (QED) is 0.867. The van der Waals surface area contributed by atoms with Gasteiger partial charge in [-0.3, -0.25) is 0 Å². The lowest BCUT2D eigenvalue weighted by atomic mass is 10.0. The molecule has 0 aromatic heterocycles. The summed E-state index contributed by atoms with van der Waals surface area (Å²) in [5, 5.41) is 19.2. The summed E-state index contributed by atoms with van der Waals surface area (Å²) < 4.78 is 13.8. The van der Waals surface area contributed by atoms with E-state index in [0.29, 0.717) is 17.2 Å². The highest BCUT2D eigenvalue weighted by molar-refractivity contribution is 5.56. The largest absolute Gasteiger partial charge is 0.394 e. The van der Waals surface area contributed by atoms with Gasteiger partial charge in [-0.25, -0.2) is 4.39 Å². The summed E-state index contributed by atoms with van der Waals surface area (Å²) in [4.78, 5) is 2.01. The van der Waals surface area contributed by atoms with Crippen molar-refractivity contribution in [3.63, 3.8) is 0 Å². The molecular formula is C14H20FNO2. The number of halogens is 1.